The molecule has 43 heavy (non-hydrogen) atoms. The van der Waals surface area contributed by atoms with E-state index in [4.69, 9.17) is 9.98 Å². The van der Waals surface area contributed by atoms with Crippen molar-refractivity contribution in [2.75, 3.05) is 19.8 Å². The summed E-state index contributed by atoms with van der Waals surface area (Å²) in [6.45, 7) is 12.2. The lowest BCUT2D eigenvalue weighted by atomic mass is 10.0. The van der Waals surface area contributed by atoms with Crippen molar-refractivity contribution in [1.82, 2.24) is 9.80 Å². The number of rotatable bonds is 4. The van der Waals surface area contributed by atoms with E-state index in [0.29, 0.717) is 24.6 Å². The second-order valence-corrected chi connectivity index (χ2v) is 11.3. The Hall–Kier alpha value is -4.39. The molecule has 1 heterocycles. The SMILES string of the molecule is Cc1cc(C)c(/N=C(\c2ccc(C(F)(F)F)cc2)N2CCCN(/C(=N/c3c(C)cccc3C)c3ccccc3)C2)c(C)c1. The van der Waals surface area contributed by atoms with Gasteiger partial charge in [0.15, 0.2) is 0 Å². The number of benzene rings is 4. The van der Waals surface area contributed by atoms with Crippen molar-refractivity contribution in [2.24, 2.45) is 9.98 Å². The maximum Gasteiger partial charge on any atom is 0.416 e. The summed E-state index contributed by atoms with van der Waals surface area (Å²) in [5, 5.41) is 0. The highest BCUT2D eigenvalue weighted by Gasteiger charge is 2.31. The zero-order valence-electron chi connectivity index (χ0n) is 25.3. The Labute approximate surface area is 252 Å². The molecular weight excluding hydrogens is 545 g/mol. The van der Waals surface area contributed by atoms with Crippen molar-refractivity contribution in [2.45, 2.75) is 47.2 Å². The summed E-state index contributed by atoms with van der Waals surface area (Å²) < 4.78 is 40.3. The van der Waals surface area contributed by atoms with Crippen molar-refractivity contribution in [3.63, 3.8) is 0 Å². The summed E-state index contributed by atoms with van der Waals surface area (Å²) in [6.07, 6.45) is -3.57. The van der Waals surface area contributed by atoms with Gasteiger partial charge in [0.2, 0.25) is 0 Å². The van der Waals surface area contributed by atoms with Gasteiger partial charge in [-0.2, -0.15) is 13.2 Å². The van der Waals surface area contributed by atoms with Crippen molar-refractivity contribution < 1.29 is 13.2 Å². The van der Waals surface area contributed by atoms with E-state index in [1.165, 1.54) is 12.1 Å². The molecule has 0 N–H and O–H groups in total. The highest BCUT2D eigenvalue weighted by molar-refractivity contribution is 6.03. The van der Waals surface area contributed by atoms with Gasteiger partial charge in [-0.3, -0.25) is 0 Å². The van der Waals surface area contributed by atoms with E-state index in [2.05, 4.69) is 60.0 Å². The van der Waals surface area contributed by atoms with E-state index in [1.807, 2.05) is 45.0 Å². The minimum Gasteiger partial charge on any atom is -0.338 e. The topological polar surface area (TPSA) is 31.2 Å². The lowest BCUT2D eigenvalue weighted by Crippen LogP contribution is -2.50. The van der Waals surface area contributed by atoms with E-state index in [-0.39, 0.29) is 0 Å². The summed E-state index contributed by atoms with van der Waals surface area (Å²) in [7, 11) is 0. The zero-order chi connectivity index (χ0) is 30.7. The van der Waals surface area contributed by atoms with Crippen LogP contribution in [-0.2, 0) is 6.18 Å². The quantitative estimate of drug-likeness (QED) is 0.178. The lowest BCUT2D eigenvalue weighted by Gasteiger charge is -2.39. The molecule has 0 spiro atoms. The predicted molar refractivity (Wildman–Crippen MR) is 170 cm³/mol. The highest BCUT2D eigenvalue weighted by Crippen LogP contribution is 2.32. The van der Waals surface area contributed by atoms with Crippen LogP contribution >= 0.6 is 0 Å². The van der Waals surface area contributed by atoms with Gasteiger partial charge in [-0.05, 0) is 75.4 Å². The van der Waals surface area contributed by atoms with Gasteiger partial charge >= 0.3 is 6.18 Å². The molecule has 0 atom stereocenters. The molecule has 0 aromatic heterocycles. The van der Waals surface area contributed by atoms with Gasteiger partial charge in [0.1, 0.15) is 11.7 Å². The molecule has 0 radical (unpaired) electrons. The number of amidine groups is 2. The third-order valence-electron chi connectivity index (χ3n) is 7.81. The van der Waals surface area contributed by atoms with E-state index in [0.717, 1.165) is 75.7 Å². The number of hydrogen-bond donors (Lipinski definition) is 0. The first-order chi connectivity index (χ1) is 20.5. The van der Waals surface area contributed by atoms with Crippen LogP contribution in [0.1, 0.15) is 50.9 Å². The first-order valence-corrected chi connectivity index (χ1v) is 14.6. The van der Waals surface area contributed by atoms with Crippen LogP contribution in [0.3, 0.4) is 0 Å². The fourth-order valence-electron chi connectivity index (χ4n) is 5.72. The third kappa shape index (κ3) is 6.82. The molecule has 4 nitrogen and oxygen atoms in total. The predicted octanol–water partition coefficient (Wildman–Crippen LogP) is 9.07. The van der Waals surface area contributed by atoms with Gasteiger partial charge < -0.3 is 9.80 Å². The smallest absolute Gasteiger partial charge is 0.338 e. The van der Waals surface area contributed by atoms with Crippen LogP contribution in [-0.4, -0.2) is 41.2 Å². The Morgan fingerprint density at radius 2 is 1.09 bits per heavy atom. The number of aliphatic imine (C=N–C) groups is 2. The van der Waals surface area contributed by atoms with Crippen molar-refractivity contribution >= 4 is 23.0 Å². The fraction of sp³-hybridized carbons (Fsp3) is 0.278. The normalized spacial score (nSPS) is 14.8. The number of para-hydroxylation sites is 1. The van der Waals surface area contributed by atoms with Gasteiger partial charge in [-0.25, -0.2) is 9.98 Å². The van der Waals surface area contributed by atoms with Gasteiger partial charge in [0, 0.05) is 24.2 Å². The minimum absolute atomic E-state index is 0.489. The molecule has 0 saturated carbocycles. The maximum atomic E-state index is 13.4. The van der Waals surface area contributed by atoms with Crippen molar-refractivity contribution in [3.05, 3.63) is 129 Å². The molecule has 222 valence electrons. The minimum atomic E-state index is -4.41. The molecule has 1 fully saturated rings. The summed E-state index contributed by atoms with van der Waals surface area (Å²) in [5.41, 5.74) is 8.14. The van der Waals surface area contributed by atoms with Crippen LogP contribution in [0.5, 0.6) is 0 Å². The lowest BCUT2D eigenvalue weighted by molar-refractivity contribution is -0.137. The van der Waals surface area contributed by atoms with Crippen LogP contribution in [0.2, 0.25) is 0 Å². The van der Waals surface area contributed by atoms with Crippen LogP contribution in [0.25, 0.3) is 0 Å². The first kappa shape index (κ1) is 30.1. The zero-order valence-corrected chi connectivity index (χ0v) is 25.3. The van der Waals surface area contributed by atoms with E-state index < -0.39 is 11.7 Å². The Morgan fingerprint density at radius 3 is 1.60 bits per heavy atom. The molecule has 0 aliphatic carbocycles. The third-order valence-corrected chi connectivity index (χ3v) is 7.81. The number of hydrogen-bond acceptors (Lipinski definition) is 2. The van der Waals surface area contributed by atoms with Crippen LogP contribution in [0.15, 0.2) is 94.9 Å². The Morgan fingerprint density at radius 1 is 0.605 bits per heavy atom. The molecule has 4 aromatic carbocycles. The van der Waals surface area contributed by atoms with Gasteiger partial charge in [0.05, 0.1) is 23.6 Å². The van der Waals surface area contributed by atoms with E-state index >= 15 is 0 Å². The monoisotopic (exact) mass is 582 g/mol. The second kappa shape index (κ2) is 12.5. The Kier molecular flexibility index (Phi) is 8.71. The Balaban J connectivity index is 1.60. The average Bonchev–Trinajstić information content (AvgIpc) is 2.97. The van der Waals surface area contributed by atoms with Crippen LogP contribution in [0.4, 0.5) is 24.5 Å². The molecule has 4 aromatic rings. The molecule has 1 saturated heterocycles. The summed E-state index contributed by atoms with van der Waals surface area (Å²) >= 11 is 0. The summed E-state index contributed by atoms with van der Waals surface area (Å²) in [5.74, 6) is 1.50. The molecule has 7 heteroatoms. The second-order valence-electron chi connectivity index (χ2n) is 11.3. The average molecular weight is 583 g/mol. The highest BCUT2D eigenvalue weighted by atomic mass is 19.4. The summed E-state index contributed by atoms with van der Waals surface area (Å²) in [6, 6.07) is 25.8. The number of nitrogens with zero attached hydrogens (tertiary/aromatic N) is 4. The van der Waals surface area contributed by atoms with Crippen LogP contribution < -0.4 is 0 Å². The number of alkyl halides is 3. The van der Waals surface area contributed by atoms with E-state index in [9.17, 15) is 13.2 Å². The maximum absolute atomic E-state index is 13.4. The van der Waals surface area contributed by atoms with E-state index in [1.54, 1.807) is 0 Å². The number of aryl methyl sites for hydroxylation is 5. The largest absolute Gasteiger partial charge is 0.416 e. The number of halogens is 3. The van der Waals surface area contributed by atoms with Crippen molar-refractivity contribution in [1.29, 1.82) is 0 Å². The first-order valence-electron chi connectivity index (χ1n) is 14.6. The molecule has 0 amide bonds. The fourth-order valence-corrected chi connectivity index (χ4v) is 5.72. The van der Waals surface area contributed by atoms with Gasteiger partial charge in [-0.1, -0.05) is 78.4 Å². The van der Waals surface area contributed by atoms with Gasteiger partial charge in [0.25, 0.3) is 0 Å². The van der Waals surface area contributed by atoms with Crippen LogP contribution in [0, 0.1) is 34.6 Å². The molecule has 1 aliphatic rings. The molecule has 1 aliphatic heterocycles. The molecule has 0 bridgehead atoms. The standard InChI is InChI=1S/C36H37F3N4/c1-24-21-27(4)33(28(5)22-24)41-35(30-15-17-31(18-16-30)36(37,38)39)43-20-10-19-42(23-43)34(29-13-7-6-8-14-29)40-32-25(2)11-9-12-26(32)3/h6-9,11-18,21-22H,10,19-20,23H2,1-5H3/b40-34+,41-35+. The summed E-state index contributed by atoms with van der Waals surface area (Å²) in [4.78, 5) is 14.8. The molecular formula is C36H37F3N4. The van der Waals surface area contributed by atoms with Crippen molar-refractivity contribution in [3.8, 4) is 0 Å². The van der Waals surface area contributed by atoms with Gasteiger partial charge in [-0.15, -0.1) is 0 Å². The molecule has 5 rings (SSSR count). The Bertz CT molecular complexity index is 1610. The molecule has 0 unspecified atom stereocenters.